The quantitative estimate of drug-likeness (QED) is 0.426. The molecule has 6 nitrogen and oxygen atoms in total. The summed E-state index contributed by atoms with van der Waals surface area (Å²) in [5.74, 6) is -0.312. The van der Waals surface area contributed by atoms with Crippen LogP contribution in [-0.2, 0) is 4.79 Å². The zero-order valence-electron chi connectivity index (χ0n) is 17.2. The lowest BCUT2D eigenvalue weighted by Gasteiger charge is -2.40. The molecule has 1 saturated heterocycles. The van der Waals surface area contributed by atoms with E-state index in [4.69, 9.17) is 12.2 Å². The molecule has 1 N–H and O–H groups in total. The van der Waals surface area contributed by atoms with Crippen molar-refractivity contribution in [2.75, 3.05) is 24.5 Å². The highest BCUT2D eigenvalue weighted by Crippen LogP contribution is 2.46. The fraction of sp³-hybridized carbons (Fsp3) is 0.318. The van der Waals surface area contributed by atoms with Crippen LogP contribution in [0.15, 0.2) is 63.6 Å². The number of rotatable bonds is 5. The van der Waals surface area contributed by atoms with Crippen LogP contribution in [-0.4, -0.2) is 51.8 Å². The molecule has 1 unspecified atom stereocenters. The molecule has 1 atom stereocenters. The average Bonchev–Trinajstić information content (AvgIpc) is 3.12. The van der Waals surface area contributed by atoms with Gasteiger partial charge >= 0.3 is 0 Å². The number of nitrogens with zero attached hydrogens (tertiary/aromatic N) is 4. The Morgan fingerprint density at radius 1 is 1.23 bits per heavy atom. The Kier molecular flexibility index (Phi) is 6.98. The Morgan fingerprint density at radius 2 is 1.93 bits per heavy atom. The van der Waals surface area contributed by atoms with Crippen molar-refractivity contribution < 1.29 is 9.90 Å². The Hall–Kier alpha value is -2.60. The van der Waals surface area contributed by atoms with Crippen molar-refractivity contribution >= 4 is 40.7 Å². The molecule has 1 fully saturated rings. The number of likely N-dealkylation sites (N-methyl/N-ethyl adjacent to an activating group) is 2. The van der Waals surface area contributed by atoms with E-state index in [1.165, 1.54) is 4.90 Å². The second kappa shape index (κ2) is 9.47. The molecule has 2 heterocycles. The average molecular weight is 441 g/mol. The van der Waals surface area contributed by atoms with E-state index in [0.29, 0.717) is 23.8 Å². The van der Waals surface area contributed by atoms with Crippen molar-refractivity contribution in [3.8, 4) is 6.07 Å². The number of allylic oxidation sites excluding steroid dienone is 4. The van der Waals surface area contributed by atoms with Crippen LogP contribution in [0.3, 0.4) is 0 Å². The topological polar surface area (TPSA) is 70.8 Å². The van der Waals surface area contributed by atoms with E-state index in [-0.39, 0.29) is 11.5 Å². The van der Waals surface area contributed by atoms with Crippen LogP contribution in [0.1, 0.15) is 20.8 Å². The standard InChI is InChI=1S/C22H24N4O2S2/c1-4-24-17-12-7-8-13-18(17)30-21(24)15(14-23)10-9-11-16-19(27)25(5-2)22(29)26(6-3)20(16)28/h7-13,19,27H,4-6H2,1-3H3. The Balaban J connectivity index is 1.93. The van der Waals surface area contributed by atoms with Crippen LogP contribution in [0, 0.1) is 11.3 Å². The van der Waals surface area contributed by atoms with Gasteiger partial charge in [-0.2, -0.15) is 5.26 Å². The van der Waals surface area contributed by atoms with Crippen molar-refractivity contribution in [2.45, 2.75) is 31.9 Å². The lowest BCUT2D eigenvalue weighted by atomic mass is 10.1. The molecule has 1 aromatic carbocycles. The van der Waals surface area contributed by atoms with Gasteiger partial charge in [-0.1, -0.05) is 30.0 Å². The van der Waals surface area contributed by atoms with Crippen LogP contribution in [0.25, 0.3) is 0 Å². The van der Waals surface area contributed by atoms with Gasteiger partial charge in [0.25, 0.3) is 5.91 Å². The summed E-state index contributed by atoms with van der Waals surface area (Å²) in [6.07, 6.45) is 3.80. The third kappa shape index (κ3) is 3.88. The van der Waals surface area contributed by atoms with Gasteiger partial charge in [0, 0.05) is 24.5 Å². The highest BCUT2D eigenvalue weighted by Gasteiger charge is 2.37. The SMILES string of the molecule is CCN1C(=O)C(=CC=CC(C#N)=C2Sc3ccccc3N2CC)C(O)N(CC)C1=S. The first-order valence-electron chi connectivity index (χ1n) is 9.85. The number of aliphatic hydroxyl groups excluding tert-OH is 1. The highest BCUT2D eigenvalue weighted by atomic mass is 32.2. The van der Waals surface area contributed by atoms with Crippen LogP contribution >= 0.6 is 24.0 Å². The third-order valence-corrected chi connectivity index (χ3v) is 6.67. The van der Waals surface area contributed by atoms with Gasteiger partial charge in [0.1, 0.15) is 6.07 Å². The Morgan fingerprint density at radius 3 is 2.57 bits per heavy atom. The summed E-state index contributed by atoms with van der Waals surface area (Å²) in [5.41, 5.74) is 1.83. The normalized spacial score (nSPS) is 22.2. The van der Waals surface area contributed by atoms with E-state index in [2.05, 4.69) is 11.0 Å². The fourth-order valence-electron chi connectivity index (χ4n) is 3.48. The van der Waals surface area contributed by atoms with Gasteiger partial charge in [0.15, 0.2) is 11.3 Å². The minimum Gasteiger partial charge on any atom is -0.369 e. The number of thioether (sulfide) groups is 1. The molecule has 156 valence electrons. The van der Waals surface area contributed by atoms with Gasteiger partial charge in [-0.15, -0.1) is 0 Å². The molecular weight excluding hydrogens is 416 g/mol. The zero-order valence-corrected chi connectivity index (χ0v) is 18.8. The van der Waals surface area contributed by atoms with Gasteiger partial charge in [0.2, 0.25) is 0 Å². The van der Waals surface area contributed by atoms with Gasteiger partial charge in [0.05, 0.1) is 21.9 Å². The smallest absolute Gasteiger partial charge is 0.260 e. The number of para-hydroxylation sites is 1. The number of thiocarbonyl (C=S) groups is 1. The van der Waals surface area contributed by atoms with E-state index < -0.39 is 6.23 Å². The monoisotopic (exact) mass is 440 g/mol. The molecule has 0 spiro atoms. The van der Waals surface area contributed by atoms with Crippen LogP contribution in [0.5, 0.6) is 0 Å². The molecule has 1 amide bonds. The number of carbonyl (C=O) groups is 1. The Bertz CT molecular complexity index is 993. The summed E-state index contributed by atoms with van der Waals surface area (Å²) in [6.45, 7) is 7.41. The highest BCUT2D eigenvalue weighted by molar-refractivity contribution is 8.03. The largest absolute Gasteiger partial charge is 0.369 e. The lowest BCUT2D eigenvalue weighted by molar-refractivity contribution is -0.128. The number of aliphatic hydroxyl groups is 1. The van der Waals surface area contributed by atoms with Gasteiger partial charge in [-0.3, -0.25) is 9.69 Å². The number of anilines is 1. The Labute approximate surface area is 186 Å². The predicted molar refractivity (Wildman–Crippen MR) is 124 cm³/mol. The van der Waals surface area contributed by atoms with Gasteiger partial charge < -0.3 is 14.9 Å². The molecule has 0 aromatic heterocycles. The number of fused-ring (bicyclic) bond motifs is 1. The predicted octanol–water partition coefficient (Wildman–Crippen LogP) is 3.62. The van der Waals surface area contributed by atoms with Gasteiger partial charge in [-0.25, -0.2) is 0 Å². The van der Waals surface area contributed by atoms with E-state index in [9.17, 15) is 15.2 Å². The number of benzene rings is 1. The number of amides is 1. The van der Waals surface area contributed by atoms with Crippen molar-refractivity contribution in [3.05, 3.63) is 58.7 Å². The molecular formula is C22H24N4O2S2. The molecule has 2 aliphatic heterocycles. The summed E-state index contributed by atoms with van der Waals surface area (Å²) in [6, 6.07) is 10.3. The van der Waals surface area contributed by atoms with Crippen LogP contribution in [0.4, 0.5) is 5.69 Å². The summed E-state index contributed by atoms with van der Waals surface area (Å²) in [5, 5.41) is 21.5. The zero-order chi connectivity index (χ0) is 21.8. The molecule has 8 heteroatoms. The van der Waals surface area contributed by atoms with Crippen molar-refractivity contribution in [1.82, 2.24) is 9.80 Å². The molecule has 0 aliphatic carbocycles. The molecule has 3 rings (SSSR count). The maximum absolute atomic E-state index is 12.7. The summed E-state index contributed by atoms with van der Waals surface area (Å²) in [7, 11) is 0. The van der Waals surface area contributed by atoms with Crippen LogP contribution in [0.2, 0.25) is 0 Å². The van der Waals surface area contributed by atoms with E-state index >= 15 is 0 Å². The van der Waals surface area contributed by atoms with Gasteiger partial charge in [-0.05, 0) is 57.3 Å². The van der Waals surface area contributed by atoms with Crippen LogP contribution < -0.4 is 4.90 Å². The number of nitriles is 1. The van der Waals surface area contributed by atoms with Crippen molar-refractivity contribution in [3.63, 3.8) is 0 Å². The first-order valence-corrected chi connectivity index (χ1v) is 11.1. The second-order valence-electron chi connectivity index (χ2n) is 6.62. The summed E-state index contributed by atoms with van der Waals surface area (Å²) < 4.78 is 0. The van der Waals surface area contributed by atoms with E-state index in [0.717, 1.165) is 22.2 Å². The maximum atomic E-state index is 12.7. The summed E-state index contributed by atoms with van der Waals surface area (Å²) >= 11 is 6.89. The van der Waals surface area contributed by atoms with Crippen molar-refractivity contribution in [2.24, 2.45) is 0 Å². The first kappa shape index (κ1) is 22.1. The lowest BCUT2D eigenvalue weighted by Crippen LogP contribution is -2.57. The van der Waals surface area contributed by atoms with Crippen molar-refractivity contribution in [1.29, 1.82) is 5.26 Å². The number of hydrogen-bond donors (Lipinski definition) is 1. The minimum absolute atomic E-state index is 0.237. The van der Waals surface area contributed by atoms with E-state index in [1.54, 1.807) is 34.9 Å². The minimum atomic E-state index is -1.10. The molecule has 0 saturated carbocycles. The third-order valence-electron chi connectivity index (χ3n) is 5.01. The fourth-order valence-corrected chi connectivity index (χ4v) is 5.12. The number of hydrogen-bond acceptors (Lipinski definition) is 6. The number of carbonyl (C=O) groups excluding carboxylic acids is 1. The first-order chi connectivity index (χ1) is 14.5. The molecule has 2 aliphatic rings. The summed E-state index contributed by atoms with van der Waals surface area (Å²) in [4.78, 5) is 19.0. The molecule has 30 heavy (non-hydrogen) atoms. The second-order valence-corrected chi connectivity index (χ2v) is 8.01. The molecule has 1 aromatic rings. The maximum Gasteiger partial charge on any atom is 0.260 e. The molecule has 0 bridgehead atoms. The van der Waals surface area contributed by atoms with E-state index in [1.807, 2.05) is 45.0 Å². The molecule has 0 radical (unpaired) electrons.